The molecule has 0 fully saturated rings. The first-order valence-corrected chi connectivity index (χ1v) is 9.94. The number of carbonyl (C=O) groups excluding carboxylic acids is 1. The van der Waals surface area contributed by atoms with Crippen LogP contribution in [0.2, 0.25) is 0 Å². The number of fused-ring (bicyclic) bond motifs is 1. The van der Waals surface area contributed by atoms with Gasteiger partial charge in [-0.05, 0) is 53.6 Å². The molecule has 1 aliphatic rings. The van der Waals surface area contributed by atoms with Gasteiger partial charge >= 0.3 is 0 Å². The zero-order chi connectivity index (χ0) is 21.1. The number of thioether (sulfide) groups is 1. The second-order valence-corrected chi connectivity index (χ2v) is 7.64. The molecule has 0 aliphatic carbocycles. The van der Waals surface area contributed by atoms with Gasteiger partial charge in [0.15, 0.2) is 11.5 Å². The lowest BCUT2D eigenvalue weighted by Gasteiger charge is -2.11. The van der Waals surface area contributed by atoms with Crippen LogP contribution in [0.3, 0.4) is 0 Å². The molecule has 0 N–H and O–H groups in total. The number of non-ortho nitro benzene ring substituents is 1. The lowest BCUT2D eigenvalue weighted by atomic mass is 10.1. The maximum atomic E-state index is 12.6. The molecule has 3 aromatic carbocycles. The Morgan fingerprint density at radius 1 is 1.03 bits per heavy atom. The number of nitro groups is 1. The van der Waals surface area contributed by atoms with E-state index >= 15 is 0 Å². The maximum absolute atomic E-state index is 12.6. The van der Waals surface area contributed by atoms with Crippen LogP contribution < -0.4 is 9.47 Å². The van der Waals surface area contributed by atoms with E-state index in [1.54, 1.807) is 25.3 Å². The van der Waals surface area contributed by atoms with Crippen molar-refractivity contribution in [2.45, 2.75) is 11.5 Å². The molecule has 0 bridgehead atoms. The first-order chi connectivity index (χ1) is 14.5. The summed E-state index contributed by atoms with van der Waals surface area (Å²) in [5.74, 6) is 1.11. The summed E-state index contributed by atoms with van der Waals surface area (Å²) in [5.41, 5.74) is 2.40. The summed E-state index contributed by atoms with van der Waals surface area (Å²) < 4.78 is 11.3. The third kappa shape index (κ3) is 4.06. The SMILES string of the molecule is COc1cc(/C=C2/Sc3ccccc3C2=O)ccc1OCc1ccc([N+](=O)[O-])cc1. The van der Waals surface area contributed by atoms with E-state index in [0.29, 0.717) is 16.4 Å². The molecule has 150 valence electrons. The van der Waals surface area contributed by atoms with Crippen LogP contribution in [0.1, 0.15) is 21.5 Å². The molecule has 0 spiro atoms. The number of hydrogen-bond donors (Lipinski definition) is 0. The molecule has 1 aliphatic heterocycles. The molecule has 1 heterocycles. The van der Waals surface area contributed by atoms with Gasteiger partial charge in [-0.1, -0.05) is 30.0 Å². The van der Waals surface area contributed by atoms with Crippen molar-refractivity contribution >= 4 is 29.3 Å². The van der Waals surface area contributed by atoms with E-state index in [4.69, 9.17) is 9.47 Å². The zero-order valence-corrected chi connectivity index (χ0v) is 16.8. The maximum Gasteiger partial charge on any atom is 0.269 e. The number of hydrogen-bond acceptors (Lipinski definition) is 6. The lowest BCUT2D eigenvalue weighted by molar-refractivity contribution is -0.384. The Labute approximate surface area is 177 Å². The van der Waals surface area contributed by atoms with E-state index < -0.39 is 4.92 Å². The van der Waals surface area contributed by atoms with Gasteiger partial charge in [0, 0.05) is 22.6 Å². The fraction of sp³-hybridized carbons (Fsp3) is 0.0870. The molecule has 7 heteroatoms. The number of ketones is 1. The van der Waals surface area contributed by atoms with Crippen molar-refractivity contribution in [3.8, 4) is 11.5 Å². The van der Waals surface area contributed by atoms with Gasteiger partial charge in [0.05, 0.1) is 16.9 Å². The number of allylic oxidation sites excluding steroid dienone is 1. The topological polar surface area (TPSA) is 78.7 Å². The monoisotopic (exact) mass is 419 g/mol. The van der Waals surface area contributed by atoms with Gasteiger partial charge in [-0.3, -0.25) is 14.9 Å². The Balaban J connectivity index is 1.49. The smallest absolute Gasteiger partial charge is 0.269 e. The van der Waals surface area contributed by atoms with Crippen LogP contribution in [0.25, 0.3) is 6.08 Å². The Hall–Kier alpha value is -3.58. The van der Waals surface area contributed by atoms with E-state index in [2.05, 4.69) is 0 Å². The minimum Gasteiger partial charge on any atom is -0.493 e. The summed E-state index contributed by atoms with van der Waals surface area (Å²) in [7, 11) is 1.55. The number of nitrogens with zero attached hydrogens (tertiary/aromatic N) is 1. The standard InChI is InChI=1S/C23H17NO5S/c1-28-20-12-16(13-22-23(25)18-4-2-3-5-21(18)30-22)8-11-19(20)29-14-15-6-9-17(10-7-15)24(26)27/h2-13H,14H2,1H3/b22-13+. The predicted octanol–water partition coefficient (Wildman–Crippen LogP) is 5.51. The molecule has 0 saturated carbocycles. The molecule has 6 nitrogen and oxygen atoms in total. The van der Waals surface area contributed by atoms with Crippen LogP contribution in [0.15, 0.2) is 76.5 Å². The van der Waals surface area contributed by atoms with Gasteiger partial charge in [0.1, 0.15) is 6.61 Å². The number of ether oxygens (including phenoxy) is 2. The molecule has 30 heavy (non-hydrogen) atoms. The molecule has 0 atom stereocenters. The van der Waals surface area contributed by atoms with Crippen LogP contribution in [0, 0.1) is 10.1 Å². The van der Waals surface area contributed by atoms with Gasteiger partial charge in [-0.2, -0.15) is 0 Å². The van der Waals surface area contributed by atoms with E-state index in [1.807, 2.05) is 42.5 Å². The first kappa shape index (κ1) is 19.7. The van der Waals surface area contributed by atoms with Gasteiger partial charge in [0.25, 0.3) is 5.69 Å². The van der Waals surface area contributed by atoms with Crippen LogP contribution >= 0.6 is 11.8 Å². The van der Waals surface area contributed by atoms with Crippen molar-refractivity contribution < 1.29 is 19.2 Å². The number of methoxy groups -OCH3 is 1. The van der Waals surface area contributed by atoms with E-state index in [9.17, 15) is 14.9 Å². The Kier molecular flexibility index (Phi) is 5.54. The molecular weight excluding hydrogens is 402 g/mol. The van der Waals surface area contributed by atoms with Gasteiger partial charge in [0.2, 0.25) is 5.78 Å². The minimum atomic E-state index is -0.438. The summed E-state index contributed by atoms with van der Waals surface area (Å²) in [5, 5.41) is 10.7. The van der Waals surface area contributed by atoms with Crippen LogP contribution in [-0.2, 0) is 6.61 Å². The van der Waals surface area contributed by atoms with Gasteiger partial charge < -0.3 is 9.47 Å². The second kappa shape index (κ2) is 8.42. The quantitative estimate of drug-likeness (QED) is 0.298. The Morgan fingerprint density at radius 3 is 2.50 bits per heavy atom. The predicted molar refractivity (Wildman–Crippen MR) is 115 cm³/mol. The molecule has 4 rings (SSSR count). The fourth-order valence-corrected chi connectivity index (χ4v) is 4.11. The third-order valence-electron chi connectivity index (χ3n) is 4.60. The molecule has 0 unspecified atom stereocenters. The second-order valence-electron chi connectivity index (χ2n) is 6.56. The van der Waals surface area contributed by atoms with Crippen molar-refractivity contribution in [3.05, 3.63) is 98.4 Å². The highest BCUT2D eigenvalue weighted by Crippen LogP contribution is 2.41. The first-order valence-electron chi connectivity index (χ1n) is 9.12. The average Bonchev–Trinajstić information content (AvgIpc) is 3.08. The Morgan fingerprint density at radius 2 is 1.80 bits per heavy atom. The summed E-state index contributed by atoms with van der Waals surface area (Å²) in [6, 6.07) is 19.2. The highest BCUT2D eigenvalue weighted by Gasteiger charge is 2.25. The number of carbonyl (C=O) groups is 1. The highest BCUT2D eigenvalue weighted by atomic mass is 32.2. The summed E-state index contributed by atoms with van der Waals surface area (Å²) in [6.07, 6.45) is 1.84. The van der Waals surface area contributed by atoms with Crippen molar-refractivity contribution in [3.63, 3.8) is 0 Å². The van der Waals surface area contributed by atoms with Crippen LogP contribution in [0.4, 0.5) is 5.69 Å². The number of rotatable bonds is 6. The fourth-order valence-electron chi connectivity index (χ4n) is 3.06. The molecular formula is C23H17NO5S. The van der Waals surface area contributed by atoms with Crippen LogP contribution in [0.5, 0.6) is 11.5 Å². The molecule has 3 aromatic rings. The summed E-state index contributed by atoms with van der Waals surface area (Å²) in [4.78, 5) is 24.5. The van der Waals surface area contributed by atoms with E-state index in [-0.39, 0.29) is 18.1 Å². The van der Waals surface area contributed by atoms with Gasteiger partial charge in [-0.25, -0.2) is 0 Å². The van der Waals surface area contributed by atoms with Crippen LogP contribution in [-0.4, -0.2) is 17.8 Å². The molecule has 0 saturated heterocycles. The average molecular weight is 419 g/mol. The van der Waals surface area contributed by atoms with E-state index in [1.165, 1.54) is 23.9 Å². The number of Topliss-reactive ketones (excluding diaryl/α,β-unsaturated/α-hetero) is 1. The molecule has 0 amide bonds. The Bertz CT molecular complexity index is 1150. The number of benzene rings is 3. The van der Waals surface area contributed by atoms with E-state index in [0.717, 1.165) is 21.6 Å². The molecule has 0 aromatic heterocycles. The van der Waals surface area contributed by atoms with Crippen molar-refractivity contribution in [2.24, 2.45) is 0 Å². The van der Waals surface area contributed by atoms with Gasteiger partial charge in [-0.15, -0.1) is 0 Å². The third-order valence-corrected chi connectivity index (χ3v) is 5.70. The summed E-state index contributed by atoms with van der Waals surface area (Å²) in [6.45, 7) is 0.248. The zero-order valence-electron chi connectivity index (χ0n) is 16.0. The largest absolute Gasteiger partial charge is 0.493 e. The highest BCUT2D eigenvalue weighted by molar-refractivity contribution is 8.04. The summed E-state index contributed by atoms with van der Waals surface area (Å²) >= 11 is 1.46. The van der Waals surface area contributed by atoms with Crippen molar-refractivity contribution in [1.29, 1.82) is 0 Å². The minimum absolute atomic E-state index is 0.0214. The molecule has 0 radical (unpaired) electrons. The lowest BCUT2D eigenvalue weighted by Crippen LogP contribution is -1.98. The van der Waals surface area contributed by atoms with Crippen molar-refractivity contribution in [2.75, 3.05) is 7.11 Å². The van der Waals surface area contributed by atoms with Crippen molar-refractivity contribution in [1.82, 2.24) is 0 Å². The normalized spacial score (nSPS) is 13.9. The number of nitro benzene ring substituents is 1.